The van der Waals surface area contributed by atoms with Crippen LogP contribution in [0.5, 0.6) is 0 Å². The largest absolute Gasteiger partial charge is 0.338 e. The van der Waals surface area contributed by atoms with Crippen LogP contribution in [0.2, 0.25) is 5.02 Å². The number of rotatable bonds is 6. The third-order valence-corrected chi connectivity index (χ3v) is 5.36. The lowest BCUT2D eigenvalue weighted by atomic mass is 10.0. The van der Waals surface area contributed by atoms with Gasteiger partial charge in [-0.2, -0.15) is 0 Å². The van der Waals surface area contributed by atoms with Crippen LogP contribution in [-0.2, 0) is 6.54 Å². The Balaban J connectivity index is 1.91. The maximum absolute atomic E-state index is 13.0. The quantitative estimate of drug-likeness (QED) is 0.566. The van der Waals surface area contributed by atoms with Gasteiger partial charge in [-0.05, 0) is 49.2 Å². The molecule has 0 saturated heterocycles. The fourth-order valence-corrected chi connectivity index (χ4v) is 3.59. The number of amides is 2. The molecule has 0 saturated carbocycles. The van der Waals surface area contributed by atoms with Crippen molar-refractivity contribution >= 4 is 34.2 Å². The van der Waals surface area contributed by atoms with Crippen molar-refractivity contribution in [2.24, 2.45) is 0 Å². The van der Waals surface area contributed by atoms with E-state index in [1.807, 2.05) is 52.2 Å². The van der Waals surface area contributed by atoms with Crippen LogP contribution in [-0.4, -0.2) is 43.1 Å². The normalized spacial score (nSPS) is 11.1. The van der Waals surface area contributed by atoms with Crippen LogP contribution in [0.15, 0.2) is 47.3 Å². The molecule has 0 spiro atoms. The van der Waals surface area contributed by atoms with Crippen molar-refractivity contribution in [3.63, 3.8) is 0 Å². The highest BCUT2D eigenvalue weighted by molar-refractivity contribution is 6.33. The zero-order valence-corrected chi connectivity index (χ0v) is 18.6. The van der Waals surface area contributed by atoms with E-state index in [1.165, 1.54) is 4.90 Å². The summed E-state index contributed by atoms with van der Waals surface area (Å²) in [6, 6.07) is 12.8. The summed E-state index contributed by atoms with van der Waals surface area (Å²) in [4.78, 5) is 31.6. The molecule has 2 amide bonds. The van der Waals surface area contributed by atoms with Crippen LogP contribution >= 0.6 is 11.6 Å². The molecule has 0 unspecified atom stereocenters. The number of H-pyrrole nitrogens is 1. The van der Waals surface area contributed by atoms with Gasteiger partial charge in [0.15, 0.2) is 0 Å². The molecule has 0 aliphatic rings. The molecule has 7 heteroatoms. The number of halogens is 1. The van der Waals surface area contributed by atoms with Crippen molar-refractivity contribution in [2.75, 3.05) is 32.5 Å². The summed E-state index contributed by atoms with van der Waals surface area (Å²) in [5.41, 5.74) is 3.92. The highest BCUT2D eigenvalue weighted by Gasteiger charge is 2.18. The molecule has 6 nitrogen and oxygen atoms in total. The van der Waals surface area contributed by atoms with E-state index in [9.17, 15) is 9.59 Å². The molecule has 158 valence electrons. The van der Waals surface area contributed by atoms with Gasteiger partial charge in [0, 0.05) is 16.5 Å². The number of pyridine rings is 1. The number of para-hydroxylation sites is 1. The molecular formula is C23H28ClN4O2+. The average Bonchev–Trinajstić information content (AvgIpc) is 2.67. The summed E-state index contributed by atoms with van der Waals surface area (Å²) >= 11 is 6.19. The Labute approximate surface area is 181 Å². The van der Waals surface area contributed by atoms with E-state index in [0.29, 0.717) is 22.8 Å². The highest BCUT2D eigenvalue weighted by Crippen LogP contribution is 2.22. The first kappa shape index (κ1) is 21.9. The van der Waals surface area contributed by atoms with Crippen LogP contribution in [0, 0.1) is 13.8 Å². The summed E-state index contributed by atoms with van der Waals surface area (Å²) in [5, 5.41) is 4.32. The van der Waals surface area contributed by atoms with Crippen molar-refractivity contribution in [3.8, 4) is 0 Å². The molecule has 0 atom stereocenters. The summed E-state index contributed by atoms with van der Waals surface area (Å²) in [6.45, 7) is 5.49. The van der Waals surface area contributed by atoms with E-state index in [1.54, 1.807) is 17.0 Å². The molecule has 0 bridgehead atoms. The van der Waals surface area contributed by atoms with E-state index in [-0.39, 0.29) is 18.1 Å². The number of aromatic amines is 1. The second-order valence-electron chi connectivity index (χ2n) is 7.96. The van der Waals surface area contributed by atoms with E-state index in [2.05, 4.69) is 16.4 Å². The zero-order valence-electron chi connectivity index (χ0n) is 17.8. The lowest BCUT2D eigenvalue weighted by Crippen LogP contribution is -3.06. The number of hydrogen-bond donors (Lipinski definition) is 3. The van der Waals surface area contributed by atoms with Gasteiger partial charge in [-0.25, -0.2) is 4.79 Å². The number of anilines is 1. The molecule has 0 radical (unpaired) electrons. The molecule has 3 N–H and O–H groups in total. The standard InChI is InChI=1S/C23H27ClN4O2/c1-15-11-16(2)18-13-17(22(29)25-21(18)12-15)14-28(10-9-27(3)4)23(30)26-20-8-6-5-7-19(20)24/h5-8,11-13H,9-10,14H2,1-4H3,(H,25,29)(H,26,30)/p+1. The molecule has 0 aliphatic carbocycles. The number of hydrogen-bond acceptors (Lipinski definition) is 2. The molecule has 3 rings (SSSR count). The fourth-order valence-electron chi connectivity index (χ4n) is 3.41. The van der Waals surface area contributed by atoms with Crippen LogP contribution in [0.1, 0.15) is 16.7 Å². The maximum Gasteiger partial charge on any atom is 0.322 e. The zero-order chi connectivity index (χ0) is 21.8. The Hall–Kier alpha value is -2.83. The summed E-state index contributed by atoms with van der Waals surface area (Å²) in [7, 11) is 4.05. The van der Waals surface area contributed by atoms with Gasteiger partial charge in [-0.15, -0.1) is 0 Å². The average molecular weight is 428 g/mol. The minimum absolute atomic E-state index is 0.180. The number of carbonyl (C=O) groups excluding carboxylic acids is 1. The second kappa shape index (κ2) is 9.32. The minimum atomic E-state index is -0.288. The first-order valence-electron chi connectivity index (χ1n) is 9.97. The van der Waals surface area contributed by atoms with Gasteiger partial charge in [0.1, 0.15) is 0 Å². The van der Waals surface area contributed by atoms with E-state index in [0.717, 1.165) is 28.6 Å². The Bertz CT molecular complexity index is 1120. The van der Waals surface area contributed by atoms with Crippen molar-refractivity contribution in [1.29, 1.82) is 0 Å². The number of likely N-dealkylation sites (N-methyl/N-ethyl adjacent to an activating group) is 1. The molecule has 30 heavy (non-hydrogen) atoms. The Kier molecular flexibility index (Phi) is 6.80. The first-order valence-corrected chi connectivity index (χ1v) is 10.3. The fraction of sp³-hybridized carbons (Fsp3) is 0.304. The third-order valence-electron chi connectivity index (χ3n) is 5.04. The van der Waals surface area contributed by atoms with Crippen LogP contribution in [0.3, 0.4) is 0 Å². The number of nitrogens with zero attached hydrogens (tertiary/aromatic N) is 1. The van der Waals surface area contributed by atoms with Gasteiger partial charge < -0.3 is 20.1 Å². The molecule has 0 fully saturated rings. The van der Waals surface area contributed by atoms with Gasteiger partial charge in [0.05, 0.1) is 44.4 Å². The summed E-state index contributed by atoms with van der Waals surface area (Å²) in [5.74, 6) is 0. The lowest BCUT2D eigenvalue weighted by molar-refractivity contribution is -0.857. The number of carbonyl (C=O) groups is 1. The maximum atomic E-state index is 13.0. The number of quaternary nitrogens is 1. The smallest absolute Gasteiger partial charge is 0.322 e. The molecule has 0 aliphatic heterocycles. The monoisotopic (exact) mass is 427 g/mol. The van der Waals surface area contributed by atoms with Gasteiger partial charge in [-0.3, -0.25) is 4.79 Å². The number of aryl methyl sites for hydroxylation is 2. The highest BCUT2D eigenvalue weighted by atomic mass is 35.5. The number of aromatic nitrogens is 1. The molecule has 2 aromatic carbocycles. The lowest BCUT2D eigenvalue weighted by Gasteiger charge is -2.24. The predicted molar refractivity (Wildman–Crippen MR) is 123 cm³/mol. The first-order chi connectivity index (χ1) is 14.2. The molecular weight excluding hydrogens is 400 g/mol. The number of urea groups is 1. The second-order valence-corrected chi connectivity index (χ2v) is 8.36. The number of fused-ring (bicyclic) bond motifs is 1. The molecule has 1 aromatic heterocycles. The summed E-state index contributed by atoms with van der Waals surface area (Å²) in [6.07, 6.45) is 0. The summed E-state index contributed by atoms with van der Waals surface area (Å²) < 4.78 is 0. The van der Waals surface area contributed by atoms with Crippen molar-refractivity contribution < 1.29 is 9.69 Å². The molecule has 3 aromatic rings. The number of benzene rings is 2. The predicted octanol–water partition coefficient (Wildman–Crippen LogP) is 2.98. The van der Waals surface area contributed by atoms with E-state index < -0.39 is 0 Å². The Morgan fingerprint density at radius 1 is 1.17 bits per heavy atom. The van der Waals surface area contributed by atoms with Crippen molar-refractivity contribution in [2.45, 2.75) is 20.4 Å². The van der Waals surface area contributed by atoms with Crippen LogP contribution in [0.4, 0.5) is 10.5 Å². The topological polar surface area (TPSA) is 69.6 Å². The van der Waals surface area contributed by atoms with Gasteiger partial charge >= 0.3 is 6.03 Å². The Morgan fingerprint density at radius 3 is 2.60 bits per heavy atom. The third kappa shape index (κ3) is 5.20. The van der Waals surface area contributed by atoms with Crippen LogP contribution < -0.4 is 15.8 Å². The van der Waals surface area contributed by atoms with Gasteiger partial charge in [-0.1, -0.05) is 29.8 Å². The number of nitrogens with one attached hydrogen (secondary N) is 3. The van der Waals surface area contributed by atoms with Gasteiger partial charge in [0.25, 0.3) is 5.56 Å². The van der Waals surface area contributed by atoms with Gasteiger partial charge in [0.2, 0.25) is 0 Å². The minimum Gasteiger partial charge on any atom is -0.338 e. The van der Waals surface area contributed by atoms with Crippen molar-refractivity contribution in [1.82, 2.24) is 9.88 Å². The Morgan fingerprint density at radius 2 is 1.90 bits per heavy atom. The SMILES string of the molecule is Cc1cc(C)c2cc(CN(CC[NH+](C)C)C(=O)Nc3ccccc3Cl)c(=O)[nH]c2c1. The van der Waals surface area contributed by atoms with Crippen LogP contribution in [0.25, 0.3) is 10.9 Å². The van der Waals surface area contributed by atoms with E-state index in [4.69, 9.17) is 11.6 Å². The molecule has 1 heterocycles. The van der Waals surface area contributed by atoms with Crippen molar-refractivity contribution in [3.05, 3.63) is 74.5 Å². The van der Waals surface area contributed by atoms with E-state index >= 15 is 0 Å².